The molecule has 0 aliphatic heterocycles. The Hall–Kier alpha value is -4.83. The van der Waals surface area contributed by atoms with Crippen molar-refractivity contribution in [2.75, 3.05) is 47.5 Å². The number of allylic oxidation sites excluding steroid dienone is 24. The number of ether oxygens (including phenoxy) is 4. The van der Waals surface area contributed by atoms with Gasteiger partial charge in [-0.05, 0) is 116 Å². The summed E-state index contributed by atoms with van der Waals surface area (Å²) < 4.78 is 22.9. The molecule has 446 valence electrons. The van der Waals surface area contributed by atoms with Crippen LogP contribution < -0.4 is 0 Å². The first kappa shape index (κ1) is 74.2. The monoisotopic (exact) mass is 1100 g/mol. The van der Waals surface area contributed by atoms with E-state index in [1.807, 2.05) is 21.1 Å². The topological polar surface area (TPSA) is 108 Å². The minimum absolute atomic E-state index is 0.176. The first-order chi connectivity index (χ1) is 38.6. The van der Waals surface area contributed by atoms with Crippen LogP contribution in [0.25, 0.3) is 0 Å². The summed E-state index contributed by atoms with van der Waals surface area (Å²) in [7, 11) is 5.95. The molecule has 2 atom stereocenters. The number of aliphatic carboxylic acids is 1. The first-order valence-electron chi connectivity index (χ1n) is 31.0. The van der Waals surface area contributed by atoms with Crippen molar-refractivity contribution in [3.8, 4) is 0 Å². The molecule has 0 amide bonds. The fourth-order valence-corrected chi connectivity index (χ4v) is 7.90. The van der Waals surface area contributed by atoms with Crippen LogP contribution in [0.5, 0.6) is 0 Å². The van der Waals surface area contributed by atoms with Gasteiger partial charge in [0, 0.05) is 12.8 Å². The third kappa shape index (κ3) is 60.7. The average Bonchev–Trinajstić information content (AvgIpc) is 3.42. The molecule has 0 saturated heterocycles. The number of nitrogens with zero attached hydrogens (tertiary/aromatic N) is 1. The normalized spacial score (nSPS) is 13.8. The number of carbonyl (C=O) groups excluding carboxylic acids is 2. The van der Waals surface area contributed by atoms with E-state index in [2.05, 4.69) is 160 Å². The number of esters is 2. The van der Waals surface area contributed by atoms with Crippen molar-refractivity contribution in [3.05, 3.63) is 146 Å². The lowest BCUT2D eigenvalue weighted by Gasteiger charge is -2.25. The molecular formula is C70H114NO8+. The number of rotatable bonds is 55. The van der Waals surface area contributed by atoms with Crippen LogP contribution in [0.2, 0.25) is 0 Å². The number of likely N-dealkylation sites (N-methyl/N-ethyl adjacent to an activating group) is 1. The first-order valence-corrected chi connectivity index (χ1v) is 31.0. The van der Waals surface area contributed by atoms with Gasteiger partial charge in [0.25, 0.3) is 6.29 Å². The third-order valence-corrected chi connectivity index (χ3v) is 12.6. The molecule has 0 aromatic heterocycles. The molecule has 0 spiro atoms. The van der Waals surface area contributed by atoms with Crippen LogP contribution in [0.4, 0.5) is 0 Å². The zero-order valence-electron chi connectivity index (χ0n) is 50.7. The number of carboxylic acids is 1. The highest BCUT2D eigenvalue weighted by Gasteiger charge is 2.25. The predicted molar refractivity (Wildman–Crippen MR) is 336 cm³/mol. The molecule has 0 bridgehead atoms. The van der Waals surface area contributed by atoms with Gasteiger partial charge in [-0.2, -0.15) is 0 Å². The second-order valence-corrected chi connectivity index (χ2v) is 21.2. The molecule has 0 aliphatic rings. The summed E-state index contributed by atoms with van der Waals surface area (Å²) in [5.41, 5.74) is 0. The standard InChI is InChI=1S/C70H113NO8/c1-6-8-10-12-14-16-18-20-22-24-26-28-30-32-33-34-35-37-39-41-43-45-47-49-51-53-55-57-59-61-68(73)79-66(65-78-70(69(74)75)76-63-62-71(3,4)5)64-77-67(72)60-58-56-54-52-50-48-46-44-42-40-38-36-31-29-27-25-23-21-19-17-15-13-11-9-7-2/h8-11,14-17,20-23,26-29,32-33,35-38,42,44,66,70H,6-7,12-13,18-19,24-25,30-31,34,39-41,43,45-65H2,1-5H3/p+1/b10-8-,11-9-,16-14-,17-15-,22-20-,23-21-,28-26-,29-27-,33-32-,37-35-,38-36-,44-42-. The molecule has 9 nitrogen and oxygen atoms in total. The summed E-state index contributed by atoms with van der Waals surface area (Å²) in [6.45, 7) is 4.61. The maximum atomic E-state index is 12.9. The van der Waals surface area contributed by atoms with Gasteiger partial charge in [-0.1, -0.05) is 237 Å². The summed E-state index contributed by atoms with van der Waals surface area (Å²) in [4.78, 5) is 37.5. The molecule has 79 heavy (non-hydrogen) atoms. The third-order valence-electron chi connectivity index (χ3n) is 12.6. The molecule has 0 saturated carbocycles. The molecule has 2 unspecified atom stereocenters. The van der Waals surface area contributed by atoms with Crippen LogP contribution in [0, 0.1) is 0 Å². The molecular weight excluding hydrogens is 983 g/mol. The highest BCUT2D eigenvalue weighted by atomic mass is 16.7. The lowest BCUT2D eigenvalue weighted by Crippen LogP contribution is -2.40. The molecule has 0 radical (unpaired) electrons. The summed E-state index contributed by atoms with van der Waals surface area (Å²) >= 11 is 0. The highest BCUT2D eigenvalue weighted by Crippen LogP contribution is 2.15. The molecule has 0 rings (SSSR count). The maximum Gasteiger partial charge on any atom is 0.361 e. The number of hydrogen-bond donors (Lipinski definition) is 1. The molecule has 0 aliphatic carbocycles. The van der Waals surface area contributed by atoms with Gasteiger partial charge in [-0.25, -0.2) is 4.79 Å². The Morgan fingerprint density at radius 3 is 1.01 bits per heavy atom. The molecule has 0 fully saturated rings. The number of hydrogen-bond acceptors (Lipinski definition) is 7. The van der Waals surface area contributed by atoms with E-state index in [0.717, 1.165) is 148 Å². The van der Waals surface area contributed by atoms with Crippen molar-refractivity contribution in [1.29, 1.82) is 0 Å². The van der Waals surface area contributed by atoms with Crippen molar-refractivity contribution in [3.63, 3.8) is 0 Å². The number of carboxylic acid groups (broad SMARTS) is 1. The van der Waals surface area contributed by atoms with Gasteiger partial charge in [0.1, 0.15) is 13.2 Å². The fraction of sp³-hybridized carbons (Fsp3) is 0.614. The SMILES string of the molecule is CC/C=C\C/C=C\C/C=C\C/C=C\C/C=C\C/C=C\CCCCCCCCCCCCC(=O)OC(COC(=O)CCCCCCCC/C=C\C/C=C\C/C=C\C/C=C\C/C=C\C/C=C\CC)COC(OCC[N+](C)(C)C)C(=O)O. The van der Waals surface area contributed by atoms with Crippen molar-refractivity contribution >= 4 is 17.9 Å². The minimum Gasteiger partial charge on any atom is -0.477 e. The molecule has 0 aromatic rings. The second kappa shape index (κ2) is 59.3. The Labute approximate surface area is 483 Å². The van der Waals surface area contributed by atoms with E-state index in [-0.39, 0.29) is 38.6 Å². The van der Waals surface area contributed by atoms with Gasteiger partial charge in [0.2, 0.25) is 0 Å². The zero-order chi connectivity index (χ0) is 57.6. The van der Waals surface area contributed by atoms with Gasteiger partial charge in [0.15, 0.2) is 6.10 Å². The smallest absolute Gasteiger partial charge is 0.361 e. The van der Waals surface area contributed by atoms with Crippen LogP contribution >= 0.6 is 0 Å². The lowest BCUT2D eigenvalue weighted by molar-refractivity contribution is -0.870. The van der Waals surface area contributed by atoms with Gasteiger partial charge in [0.05, 0.1) is 34.4 Å². The van der Waals surface area contributed by atoms with Gasteiger partial charge in [-0.15, -0.1) is 0 Å². The predicted octanol–water partition coefficient (Wildman–Crippen LogP) is 18.8. The van der Waals surface area contributed by atoms with Crippen LogP contribution in [0.1, 0.15) is 219 Å². The van der Waals surface area contributed by atoms with Crippen LogP contribution in [0.15, 0.2) is 146 Å². The Morgan fingerprint density at radius 2 is 0.684 bits per heavy atom. The van der Waals surface area contributed by atoms with Crippen LogP contribution in [-0.2, 0) is 33.3 Å². The van der Waals surface area contributed by atoms with Crippen LogP contribution in [-0.4, -0.2) is 87.4 Å². The average molecular weight is 1100 g/mol. The Bertz CT molecular complexity index is 1800. The lowest BCUT2D eigenvalue weighted by atomic mass is 10.0. The zero-order valence-corrected chi connectivity index (χ0v) is 50.7. The number of quaternary nitrogens is 1. The largest absolute Gasteiger partial charge is 0.477 e. The van der Waals surface area contributed by atoms with Gasteiger partial charge < -0.3 is 28.5 Å². The quantitative estimate of drug-likeness (QED) is 0.0211. The fourth-order valence-electron chi connectivity index (χ4n) is 7.90. The Kier molecular flexibility index (Phi) is 55.7. The summed E-state index contributed by atoms with van der Waals surface area (Å²) in [6, 6.07) is 0. The van der Waals surface area contributed by atoms with Gasteiger partial charge in [-0.3, -0.25) is 9.59 Å². The number of unbranched alkanes of at least 4 members (excludes halogenated alkanes) is 16. The summed E-state index contributed by atoms with van der Waals surface area (Å²) in [5.74, 6) is -2.05. The van der Waals surface area contributed by atoms with Crippen LogP contribution in [0.3, 0.4) is 0 Å². The van der Waals surface area contributed by atoms with E-state index in [1.165, 1.54) is 38.5 Å². The molecule has 9 heteroatoms. The number of carbonyl (C=O) groups is 3. The van der Waals surface area contributed by atoms with Crippen molar-refractivity contribution < 1.29 is 42.9 Å². The van der Waals surface area contributed by atoms with E-state index in [9.17, 15) is 19.5 Å². The van der Waals surface area contributed by atoms with Gasteiger partial charge >= 0.3 is 17.9 Å². The van der Waals surface area contributed by atoms with E-state index >= 15 is 0 Å². The van der Waals surface area contributed by atoms with Crippen molar-refractivity contribution in [1.82, 2.24) is 0 Å². The highest BCUT2D eigenvalue weighted by molar-refractivity contribution is 5.71. The van der Waals surface area contributed by atoms with E-state index in [4.69, 9.17) is 18.9 Å². The van der Waals surface area contributed by atoms with Crippen molar-refractivity contribution in [2.45, 2.75) is 232 Å². The molecule has 1 N–H and O–H groups in total. The van der Waals surface area contributed by atoms with Crippen molar-refractivity contribution in [2.24, 2.45) is 0 Å². The Morgan fingerprint density at radius 1 is 0.380 bits per heavy atom. The molecule has 0 aromatic carbocycles. The maximum absolute atomic E-state index is 12.9. The summed E-state index contributed by atoms with van der Waals surface area (Å²) in [5, 5.41) is 9.72. The molecule has 0 heterocycles. The summed E-state index contributed by atoms with van der Waals surface area (Å²) in [6.07, 6.45) is 83.5. The van der Waals surface area contributed by atoms with E-state index in [1.54, 1.807) is 0 Å². The van der Waals surface area contributed by atoms with E-state index in [0.29, 0.717) is 17.4 Å². The minimum atomic E-state index is -1.53. The van der Waals surface area contributed by atoms with E-state index < -0.39 is 24.3 Å². The Balaban J connectivity index is 4.29. The second-order valence-electron chi connectivity index (χ2n) is 21.2.